The maximum absolute atomic E-state index is 11.6. The minimum Gasteiger partial charge on any atom is -0.469 e. The summed E-state index contributed by atoms with van der Waals surface area (Å²) in [6.45, 7) is 1.82. The maximum Gasteiger partial charge on any atom is 0.307 e. The van der Waals surface area contributed by atoms with Crippen LogP contribution in [0, 0.1) is 0 Å². The van der Waals surface area contributed by atoms with E-state index in [1.165, 1.54) is 20.2 Å². The summed E-state index contributed by atoms with van der Waals surface area (Å²) in [5.41, 5.74) is 7.13. The molecule has 0 aliphatic rings. The van der Waals surface area contributed by atoms with E-state index in [1.54, 1.807) is 6.07 Å². The van der Waals surface area contributed by atoms with Crippen LogP contribution in [-0.2, 0) is 9.53 Å². The molecule has 110 valence electrons. The fraction of sp³-hybridized carbons (Fsp3) is 0.385. The monoisotopic (exact) mass is 299 g/mol. The van der Waals surface area contributed by atoms with Gasteiger partial charge in [0.1, 0.15) is 0 Å². The van der Waals surface area contributed by atoms with Gasteiger partial charge in [-0.1, -0.05) is 11.6 Å². The molecule has 1 aromatic rings. The molecule has 0 unspecified atom stereocenters. The van der Waals surface area contributed by atoms with Gasteiger partial charge in [0.05, 0.1) is 35.5 Å². The molecule has 0 heterocycles. The molecule has 1 atom stereocenters. The zero-order valence-corrected chi connectivity index (χ0v) is 12.4. The number of carbonyl (C=O) groups is 2. The molecule has 1 rings (SSSR count). The van der Waals surface area contributed by atoms with Crippen LogP contribution in [0.25, 0.3) is 0 Å². The fourth-order valence-corrected chi connectivity index (χ4v) is 1.92. The summed E-state index contributed by atoms with van der Waals surface area (Å²) in [5.74, 6) is -0.632. The van der Waals surface area contributed by atoms with Gasteiger partial charge in [-0.2, -0.15) is 0 Å². The number of methoxy groups -OCH3 is 1. The van der Waals surface area contributed by atoms with Crippen molar-refractivity contribution in [3.8, 4) is 0 Å². The number of nitrogens with two attached hydrogens (primary N) is 1. The lowest BCUT2D eigenvalue weighted by Gasteiger charge is -2.17. The van der Waals surface area contributed by atoms with Crippen LogP contribution in [0.2, 0.25) is 5.02 Å². The summed E-state index contributed by atoms with van der Waals surface area (Å²) < 4.78 is 4.59. The Bertz CT molecular complexity index is 520. The van der Waals surface area contributed by atoms with Gasteiger partial charge in [-0.15, -0.1) is 0 Å². The highest BCUT2D eigenvalue weighted by molar-refractivity contribution is 6.34. The number of halogens is 1. The molecule has 4 N–H and O–H groups in total. The van der Waals surface area contributed by atoms with Crippen LogP contribution >= 0.6 is 11.6 Å². The highest BCUT2D eigenvalue weighted by Crippen LogP contribution is 2.28. The van der Waals surface area contributed by atoms with Crippen LogP contribution in [0.3, 0.4) is 0 Å². The Hall–Kier alpha value is -1.95. The Morgan fingerprint density at radius 1 is 1.45 bits per heavy atom. The second-order valence-electron chi connectivity index (χ2n) is 4.32. The van der Waals surface area contributed by atoms with E-state index in [2.05, 4.69) is 15.4 Å². The minimum absolute atomic E-state index is 0.174. The predicted molar refractivity (Wildman–Crippen MR) is 79.0 cm³/mol. The second kappa shape index (κ2) is 7.00. The molecule has 0 radical (unpaired) electrons. The number of carbonyl (C=O) groups excluding carboxylic acids is 2. The zero-order chi connectivity index (χ0) is 15.3. The molecule has 7 heteroatoms. The van der Waals surface area contributed by atoms with Crippen molar-refractivity contribution < 1.29 is 14.3 Å². The second-order valence-corrected chi connectivity index (χ2v) is 4.73. The van der Waals surface area contributed by atoms with E-state index in [1.807, 2.05) is 6.92 Å². The molecule has 0 bridgehead atoms. The maximum atomic E-state index is 11.6. The number of anilines is 2. The van der Waals surface area contributed by atoms with E-state index in [0.29, 0.717) is 16.9 Å². The average Bonchev–Trinajstić information content (AvgIpc) is 2.41. The molecule has 6 nitrogen and oxygen atoms in total. The molecule has 0 saturated carbocycles. The summed E-state index contributed by atoms with van der Waals surface area (Å²) in [7, 11) is 2.85. The van der Waals surface area contributed by atoms with Crippen molar-refractivity contribution in [1.82, 2.24) is 5.32 Å². The first-order valence-corrected chi connectivity index (χ1v) is 6.41. The van der Waals surface area contributed by atoms with E-state index >= 15 is 0 Å². The normalized spacial score (nSPS) is 11.6. The minimum atomic E-state index is -0.323. The van der Waals surface area contributed by atoms with Crippen molar-refractivity contribution in [2.24, 2.45) is 0 Å². The fourth-order valence-electron chi connectivity index (χ4n) is 1.67. The third kappa shape index (κ3) is 4.03. The van der Waals surface area contributed by atoms with Crippen LogP contribution in [0.4, 0.5) is 11.4 Å². The standard InChI is InChI=1S/C13H18ClN3O3/c1-7(4-12(18)20-3)17-11-6-9(14)8(5-10(11)15)13(19)16-2/h5-7,17H,4,15H2,1-3H3,(H,16,19)/t7-/m0/s1. The van der Waals surface area contributed by atoms with Crippen molar-refractivity contribution in [3.05, 3.63) is 22.7 Å². The van der Waals surface area contributed by atoms with Gasteiger partial charge in [-0.25, -0.2) is 0 Å². The van der Waals surface area contributed by atoms with Crippen molar-refractivity contribution in [1.29, 1.82) is 0 Å². The molecule has 20 heavy (non-hydrogen) atoms. The van der Waals surface area contributed by atoms with Crippen molar-refractivity contribution in [2.45, 2.75) is 19.4 Å². The van der Waals surface area contributed by atoms with Gasteiger partial charge in [0.25, 0.3) is 5.91 Å². The van der Waals surface area contributed by atoms with E-state index in [4.69, 9.17) is 17.3 Å². The molecule has 0 aliphatic heterocycles. The Morgan fingerprint density at radius 3 is 2.65 bits per heavy atom. The molecule has 0 fully saturated rings. The largest absolute Gasteiger partial charge is 0.469 e. The Kier molecular flexibility index (Phi) is 5.64. The summed E-state index contributed by atoms with van der Waals surface area (Å²) >= 11 is 6.04. The van der Waals surface area contributed by atoms with Gasteiger partial charge in [0.15, 0.2) is 0 Å². The smallest absolute Gasteiger partial charge is 0.307 e. The summed E-state index contributed by atoms with van der Waals surface area (Å²) in [6, 6.07) is 2.88. The van der Waals surface area contributed by atoms with Crippen LogP contribution in [0.1, 0.15) is 23.7 Å². The van der Waals surface area contributed by atoms with Crippen molar-refractivity contribution in [3.63, 3.8) is 0 Å². The van der Waals surface area contributed by atoms with E-state index in [9.17, 15) is 9.59 Å². The zero-order valence-electron chi connectivity index (χ0n) is 11.6. The summed E-state index contributed by atoms with van der Waals surface area (Å²) in [6.07, 6.45) is 0.199. The lowest BCUT2D eigenvalue weighted by Crippen LogP contribution is -2.22. The van der Waals surface area contributed by atoms with Gasteiger partial charge in [0.2, 0.25) is 0 Å². The topological polar surface area (TPSA) is 93.5 Å². The first-order valence-electron chi connectivity index (χ1n) is 6.03. The number of amides is 1. The number of esters is 1. The quantitative estimate of drug-likeness (QED) is 0.568. The third-order valence-electron chi connectivity index (χ3n) is 2.71. The molecule has 0 aromatic heterocycles. The van der Waals surface area contributed by atoms with E-state index in [-0.39, 0.29) is 29.4 Å². The number of nitrogen functional groups attached to an aromatic ring is 1. The Morgan fingerprint density at radius 2 is 2.10 bits per heavy atom. The first kappa shape index (κ1) is 16.1. The molecule has 1 amide bonds. The Balaban J connectivity index is 2.90. The van der Waals surface area contributed by atoms with Crippen LogP contribution in [0.5, 0.6) is 0 Å². The lowest BCUT2D eigenvalue weighted by atomic mass is 10.1. The van der Waals surface area contributed by atoms with Crippen molar-refractivity contribution in [2.75, 3.05) is 25.2 Å². The van der Waals surface area contributed by atoms with Crippen molar-refractivity contribution >= 4 is 34.9 Å². The predicted octanol–water partition coefficient (Wildman–Crippen LogP) is 1.65. The number of ether oxygens (including phenoxy) is 1. The number of hydrogen-bond acceptors (Lipinski definition) is 5. The lowest BCUT2D eigenvalue weighted by molar-refractivity contribution is -0.140. The first-order chi connectivity index (χ1) is 9.38. The van der Waals surface area contributed by atoms with Gasteiger partial charge in [-0.05, 0) is 19.1 Å². The number of rotatable bonds is 5. The molecule has 1 aromatic carbocycles. The molecular formula is C13H18ClN3O3. The summed E-state index contributed by atoms with van der Waals surface area (Å²) in [4.78, 5) is 22.7. The van der Waals surface area contributed by atoms with Gasteiger partial charge < -0.3 is 21.1 Å². The van der Waals surface area contributed by atoms with Gasteiger partial charge in [-0.3, -0.25) is 9.59 Å². The third-order valence-corrected chi connectivity index (χ3v) is 3.03. The highest BCUT2D eigenvalue weighted by atomic mass is 35.5. The SMILES string of the molecule is CNC(=O)c1cc(N)c(N[C@@H](C)CC(=O)OC)cc1Cl. The summed E-state index contributed by atoms with van der Waals surface area (Å²) in [5, 5.41) is 5.82. The van der Waals surface area contributed by atoms with Gasteiger partial charge in [0, 0.05) is 13.1 Å². The Labute approximate surface area is 122 Å². The van der Waals surface area contributed by atoms with E-state index in [0.717, 1.165) is 0 Å². The number of nitrogens with one attached hydrogen (secondary N) is 2. The molecular weight excluding hydrogens is 282 g/mol. The number of benzene rings is 1. The van der Waals surface area contributed by atoms with Gasteiger partial charge >= 0.3 is 5.97 Å². The van der Waals surface area contributed by atoms with Crippen LogP contribution in [-0.4, -0.2) is 32.1 Å². The number of hydrogen-bond donors (Lipinski definition) is 3. The molecule has 0 spiro atoms. The van der Waals surface area contributed by atoms with Crippen LogP contribution < -0.4 is 16.4 Å². The molecule has 0 saturated heterocycles. The van der Waals surface area contributed by atoms with Crippen LogP contribution in [0.15, 0.2) is 12.1 Å². The highest BCUT2D eigenvalue weighted by Gasteiger charge is 2.15. The van der Waals surface area contributed by atoms with E-state index < -0.39 is 0 Å². The average molecular weight is 300 g/mol. The molecule has 0 aliphatic carbocycles.